The van der Waals surface area contributed by atoms with Crippen LogP contribution in [0, 0.1) is 11.8 Å². The number of phenols is 1. The van der Waals surface area contributed by atoms with E-state index < -0.39 is 35.9 Å². The predicted molar refractivity (Wildman–Crippen MR) is 120 cm³/mol. The van der Waals surface area contributed by atoms with E-state index in [1.807, 2.05) is 27.7 Å². The van der Waals surface area contributed by atoms with Crippen LogP contribution in [0.1, 0.15) is 53.0 Å². The van der Waals surface area contributed by atoms with Crippen LogP contribution in [0.25, 0.3) is 0 Å². The Hall–Kier alpha value is -3.10. The maximum Gasteiger partial charge on any atom is 0.326 e. The van der Waals surface area contributed by atoms with Gasteiger partial charge >= 0.3 is 5.97 Å². The van der Waals surface area contributed by atoms with Crippen LogP contribution in [0.4, 0.5) is 0 Å². The van der Waals surface area contributed by atoms with Crippen LogP contribution < -0.4 is 16.0 Å². The van der Waals surface area contributed by atoms with Gasteiger partial charge in [-0.2, -0.15) is 0 Å². The summed E-state index contributed by atoms with van der Waals surface area (Å²) in [5.74, 6) is -2.41. The van der Waals surface area contributed by atoms with Crippen LogP contribution in [0.2, 0.25) is 0 Å². The third-order valence-electron chi connectivity index (χ3n) is 4.73. The van der Waals surface area contributed by atoms with Gasteiger partial charge in [-0.05, 0) is 42.4 Å². The van der Waals surface area contributed by atoms with Crippen molar-refractivity contribution >= 4 is 23.7 Å². The molecular formula is C23H35N3O6. The quantitative estimate of drug-likeness (QED) is 0.328. The van der Waals surface area contributed by atoms with Crippen molar-refractivity contribution in [3.05, 3.63) is 29.8 Å². The zero-order valence-electron chi connectivity index (χ0n) is 19.3. The zero-order valence-corrected chi connectivity index (χ0v) is 19.3. The second kappa shape index (κ2) is 12.7. The highest BCUT2D eigenvalue weighted by Crippen LogP contribution is 2.13. The van der Waals surface area contributed by atoms with E-state index in [2.05, 4.69) is 16.0 Å². The molecule has 1 rings (SSSR count). The third kappa shape index (κ3) is 9.80. The van der Waals surface area contributed by atoms with Gasteiger partial charge in [-0.1, -0.05) is 39.8 Å². The lowest BCUT2D eigenvalue weighted by Crippen LogP contribution is -2.56. The molecule has 0 unspecified atom stereocenters. The highest BCUT2D eigenvalue weighted by molar-refractivity contribution is 5.93. The number of amides is 3. The average molecular weight is 450 g/mol. The smallest absolute Gasteiger partial charge is 0.326 e. The number of benzene rings is 1. The van der Waals surface area contributed by atoms with E-state index in [0.29, 0.717) is 18.4 Å². The first kappa shape index (κ1) is 26.9. The number of carbonyl (C=O) groups is 4. The monoisotopic (exact) mass is 449 g/mol. The maximum absolute atomic E-state index is 12.9. The number of hydrogen-bond donors (Lipinski definition) is 5. The molecule has 0 saturated heterocycles. The van der Waals surface area contributed by atoms with E-state index in [1.54, 1.807) is 12.1 Å². The fourth-order valence-electron chi connectivity index (χ4n) is 3.26. The van der Waals surface area contributed by atoms with Gasteiger partial charge in [0.1, 0.15) is 23.9 Å². The minimum absolute atomic E-state index is 0.0194. The highest BCUT2D eigenvalue weighted by atomic mass is 16.4. The molecule has 3 atom stereocenters. The molecule has 0 aromatic heterocycles. The summed E-state index contributed by atoms with van der Waals surface area (Å²) in [4.78, 5) is 49.0. The Kier molecular flexibility index (Phi) is 10.7. The van der Waals surface area contributed by atoms with Crippen molar-refractivity contribution in [1.29, 1.82) is 0 Å². The summed E-state index contributed by atoms with van der Waals surface area (Å²) in [6.45, 7) is 8.93. The number of nitrogens with one attached hydrogen (secondary N) is 3. The molecule has 9 nitrogen and oxygen atoms in total. The molecule has 1 aromatic rings. The second-order valence-electron chi connectivity index (χ2n) is 8.84. The summed E-state index contributed by atoms with van der Waals surface area (Å²) in [6, 6.07) is 3.09. The van der Waals surface area contributed by atoms with Crippen molar-refractivity contribution in [3.8, 4) is 5.75 Å². The molecule has 3 amide bonds. The van der Waals surface area contributed by atoms with Crippen LogP contribution in [0.5, 0.6) is 5.75 Å². The molecule has 1 aromatic carbocycles. The highest BCUT2D eigenvalue weighted by Gasteiger charge is 2.30. The fraction of sp³-hybridized carbons (Fsp3) is 0.565. The van der Waals surface area contributed by atoms with Crippen LogP contribution in [0.15, 0.2) is 24.3 Å². The molecule has 5 N–H and O–H groups in total. The molecule has 0 heterocycles. The zero-order chi connectivity index (χ0) is 24.4. The first-order chi connectivity index (χ1) is 14.9. The first-order valence-corrected chi connectivity index (χ1v) is 10.8. The van der Waals surface area contributed by atoms with Crippen LogP contribution in [-0.4, -0.2) is 52.0 Å². The molecule has 0 bridgehead atoms. The van der Waals surface area contributed by atoms with Gasteiger partial charge in [0.2, 0.25) is 17.7 Å². The SMILES string of the molecule is CC(=O)N[C@@H](CC(C)C)C(=O)N[C@@H](CC(C)C)C(=O)N[C@@H](Cc1ccc(O)cc1)C(=O)O. The lowest BCUT2D eigenvalue weighted by atomic mass is 9.99. The van der Waals surface area contributed by atoms with Crippen LogP contribution in [-0.2, 0) is 25.6 Å². The van der Waals surface area contributed by atoms with E-state index in [9.17, 15) is 29.4 Å². The maximum atomic E-state index is 12.9. The van der Waals surface area contributed by atoms with Gasteiger partial charge in [-0.3, -0.25) is 14.4 Å². The van der Waals surface area contributed by atoms with Crippen molar-refractivity contribution in [3.63, 3.8) is 0 Å². The van der Waals surface area contributed by atoms with Gasteiger partial charge in [-0.15, -0.1) is 0 Å². The van der Waals surface area contributed by atoms with E-state index in [0.717, 1.165) is 0 Å². The molecule has 0 aliphatic heterocycles. The number of hydrogen-bond acceptors (Lipinski definition) is 5. The number of aliphatic carboxylic acids is 1. The average Bonchev–Trinajstić information content (AvgIpc) is 2.66. The van der Waals surface area contributed by atoms with Crippen LogP contribution in [0.3, 0.4) is 0 Å². The van der Waals surface area contributed by atoms with E-state index in [1.165, 1.54) is 19.1 Å². The molecule has 9 heteroatoms. The van der Waals surface area contributed by atoms with E-state index >= 15 is 0 Å². The van der Waals surface area contributed by atoms with Crippen LogP contribution >= 0.6 is 0 Å². The van der Waals surface area contributed by atoms with Gasteiger partial charge in [0.15, 0.2) is 0 Å². The molecule has 0 aliphatic rings. The summed E-state index contributed by atoms with van der Waals surface area (Å²) in [7, 11) is 0. The number of carbonyl (C=O) groups excluding carboxylic acids is 3. The van der Waals surface area contributed by atoms with Crippen molar-refractivity contribution in [2.75, 3.05) is 0 Å². The van der Waals surface area contributed by atoms with Crippen molar-refractivity contribution in [1.82, 2.24) is 16.0 Å². The summed E-state index contributed by atoms with van der Waals surface area (Å²) < 4.78 is 0. The summed E-state index contributed by atoms with van der Waals surface area (Å²) >= 11 is 0. The van der Waals surface area contributed by atoms with Gasteiger partial charge in [0, 0.05) is 13.3 Å². The molecule has 0 radical (unpaired) electrons. The van der Waals surface area contributed by atoms with Crippen molar-refractivity contribution < 1.29 is 29.4 Å². The van der Waals surface area contributed by atoms with Gasteiger partial charge < -0.3 is 26.2 Å². The Bertz CT molecular complexity index is 791. The van der Waals surface area contributed by atoms with Gasteiger partial charge in [0.25, 0.3) is 0 Å². The third-order valence-corrected chi connectivity index (χ3v) is 4.73. The molecule has 0 saturated carbocycles. The standard InChI is InChI=1S/C23H35N3O6/c1-13(2)10-18(24-15(5)27)21(29)25-19(11-14(3)4)22(30)26-20(23(31)32)12-16-6-8-17(28)9-7-16/h6-9,13-14,18-20,28H,10-12H2,1-5H3,(H,24,27)(H,25,29)(H,26,30)(H,31,32)/t18-,19-,20-/m0/s1. The number of rotatable bonds is 12. The topological polar surface area (TPSA) is 145 Å². The lowest BCUT2D eigenvalue weighted by molar-refractivity contribution is -0.142. The van der Waals surface area contributed by atoms with Crippen molar-refractivity contribution in [2.24, 2.45) is 11.8 Å². The molecule has 0 aliphatic carbocycles. The van der Waals surface area contributed by atoms with E-state index in [4.69, 9.17) is 0 Å². The summed E-state index contributed by atoms with van der Waals surface area (Å²) in [5, 5.41) is 26.8. The van der Waals surface area contributed by atoms with Gasteiger partial charge in [0.05, 0.1) is 0 Å². The molecule has 178 valence electrons. The Morgan fingerprint density at radius 1 is 0.781 bits per heavy atom. The molecule has 0 fully saturated rings. The number of phenolic OH excluding ortho intramolecular Hbond substituents is 1. The summed E-state index contributed by atoms with van der Waals surface area (Å²) in [5.41, 5.74) is 0.627. The Morgan fingerprint density at radius 2 is 1.22 bits per heavy atom. The minimum Gasteiger partial charge on any atom is -0.508 e. The van der Waals surface area contributed by atoms with E-state index in [-0.39, 0.29) is 29.9 Å². The van der Waals surface area contributed by atoms with Gasteiger partial charge in [-0.25, -0.2) is 4.79 Å². The normalized spacial score (nSPS) is 13.8. The fourth-order valence-corrected chi connectivity index (χ4v) is 3.26. The Balaban J connectivity index is 2.96. The summed E-state index contributed by atoms with van der Waals surface area (Å²) in [6.07, 6.45) is 0.725. The minimum atomic E-state index is -1.21. The number of aromatic hydroxyl groups is 1. The number of carboxylic acid groups (broad SMARTS) is 1. The Labute approximate surface area is 189 Å². The first-order valence-electron chi connectivity index (χ1n) is 10.8. The molecule has 0 spiro atoms. The predicted octanol–water partition coefficient (Wildman–Crippen LogP) is 1.59. The second-order valence-corrected chi connectivity index (χ2v) is 8.84. The number of carboxylic acids is 1. The molecular weight excluding hydrogens is 414 g/mol. The largest absolute Gasteiger partial charge is 0.508 e. The molecule has 32 heavy (non-hydrogen) atoms. The van der Waals surface area contributed by atoms with Crippen molar-refractivity contribution in [2.45, 2.75) is 72.0 Å². The Morgan fingerprint density at radius 3 is 1.62 bits per heavy atom. The lowest BCUT2D eigenvalue weighted by Gasteiger charge is -2.26.